The third kappa shape index (κ3) is 5.27. The molecule has 1 heterocycles. The van der Waals surface area contributed by atoms with Gasteiger partial charge in [0.05, 0.1) is 17.7 Å². The molecule has 1 saturated carbocycles. The van der Waals surface area contributed by atoms with Gasteiger partial charge in [-0.3, -0.25) is 9.69 Å². The van der Waals surface area contributed by atoms with E-state index in [0.29, 0.717) is 25.8 Å². The van der Waals surface area contributed by atoms with Gasteiger partial charge in [0.2, 0.25) is 0 Å². The number of ketones is 1. The van der Waals surface area contributed by atoms with Crippen LogP contribution in [0.15, 0.2) is 60.7 Å². The smallest absolute Gasteiger partial charge is 0.410 e. The molecule has 3 atom stereocenters. The quantitative estimate of drug-likeness (QED) is 0.601. The molecule has 1 unspecified atom stereocenters. The first-order chi connectivity index (χ1) is 17.3. The zero-order valence-electron chi connectivity index (χ0n) is 23.0. The molecule has 1 saturated heterocycles. The van der Waals surface area contributed by atoms with Gasteiger partial charge in [0.1, 0.15) is 11.4 Å². The number of carbonyl (C=O) groups excluding carboxylic acids is 2. The average molecular weight is 524 g/mol. The molecule has 7 heteroatoms. The zero-order chi connectivity index (χ0) is 27.1. The van der Waals surface area contributed by atoms with Gasteiger partial charge in [-0.25, -0.2) is 4.79 Å². The topological polar surface area (TPSA) is 76.1 Å². The molecule has 1 spiro atoms. The molecule has 2 aliphatic rings. The SMILES string of the molecule is CC(C)(C)OC(=O)N1C[C@H](O[Si](c2ccccc2)(c2ccccc2)C(C)(C)C)C[C@]12CCC(=O)CC2O. The van der Waals surface area contributed by atoms with Crippen LogP contribution >= 0.6 is 0 Å². The lowest BCUT2D eigenvalue weighted by molar-refractivity contribution is -0.130. The fourth-order valence-electron chi connectivity index (χ4n) is 6.13. The average Bonchev–Trinajstić information content (AvgIpc) is 3.19. The second kappa shape index (κ2) is 10.0. The van der Waals surface area contributed by atoms with Crippen molar-refractivity contribution in [2.24, 2.45) is 0 Å². The van der Waals surface area contributed by atoms with Gasteiger partial charge in [0, 0.05) is 25.8 Å². The number of aliphatic hydroxyl groups excluding tert-OH is 1. The van der Waals surface area contributed by atoms with Gasteiger partial charge in [0.25, 0.3) is 8.32 Å². The maximum atomic E-state index is 13.5. The van der Waals surface area contributed by atoms with Crippen LogP contribution in [0.4, 0.5) is 4.79 Å². The molecular weight excluding hydrogens is 482 g/mol. The van der Waals surface area contributed by atoms with Crippen LogP contribution in [0.3, 0.4) is 0 Å². The van der Waals surface area contributed by atoms with E-state index in [-0.39, 0.29) is 23.3 Å². The van der Waals surface area contributed by atoms with Crippen LogP contribution in [-0.4, -0.2) is 60.1 Å². The summed E-state index contributed by atoms with van der Waals surface area (Å²) >= 11 is 0. The van der Waals surface area contributed by atoms with Gasteiger partial charge < -0.3 is 14.3 Å². The van der Waals surface area contributed by atoms with Crippen LogP contribution < -0.4 is 10.4 Å². The highest BCUT2D eigenvalue weighted by Gasteiger charge is 2.59. The lowest BCUT2D eigenvalue weighted by atomic mass is 9.76. The molecular formula is C30H41NO5Si. The van der Waals surface area contributed by atoms with Gasteiger partial charge in [-0.05, 0) is 42.6 Å². The number of nitrogens with zero attached hydrogens (tertiary/aromatic N) is 1. The molecule has 4 rings (SSSR count). The highest BCUT2D eigenvalue weighted by molar-refractivity contribution is 6.99. The molecule has 6 nitrogen and oxygen atoms in total. The van der Waals surface area contributed by atoms with Crippen LogP contribution in [0.5, 0.6) is 0 Å². The number of hydrogen-bond donors (Lipinski definition) is 1. The molecule has 37 heavy (non-hydrogen) atoms. The number of Topliss-reactive ketones (excluding diaryl/α,β-unsaturated/α-hetero) is 1. The van der Waals surface area contributed by atoms with Crippen LogP contribution in [0.1, 0.15) is 67.2 Å². The number of amides is 1. The summed E-state index contributed by atoms with van der Waals surface area (Å²) in [5, 5.41) is 13.4. The number of hydrogen-bond acceptors (Lipinski definition) is 5. The zero-order valence-corrected chi connectivity index (χ0v) is 24.0. The van der Waals surface area contributed by atoms with E-state index >= 15 is 0 Å². The Morgan fingerprint density at radius 2 is 1.51 bits per heavy atom. The van der Waals surface area contributed by atoms with Gasteiger partial charge in [-0.15, -0.1) is 0 Å². The summed E-state index contributed by atoms with van der Waals surface area (Å²) in [6.07, 6.45) is -0.476. The predicted octanol–water partition coefficient (Wildman–Crippen LogP) is 4.43. The van der Waals surface area contributed by atoms with Crippen molar-refractivity contribution in [2.75, 3.05) is 6.54 Å². The minimum absolute atomic E-state index is 0.0265. The Labute approximate surface area is 222 Å². The largest absolute Gasteiger partial charge is 0.444 e. The van der Waals surface area contributed by atoms with Crippen LogP contribution in [-0.2, 0) is 14.0 Å². The van der Waals surface area contributed by atoms with Crippen molar-refractivity contribution in [3.63, 3.8) is 0 Å². The first-order valence-electron chi connectivity index (χ1n) is 13.3. The molecule has 0 aromatic heterocycles. The van der Waals surface area contributed by atoms with Crippen molar-refractivity contribution in [1.29, 1.82) is 0 Å². The fourth-order valence-corrected chi connectivity index (χ4v) is 10.8. The Morgan fingerprint density at radius 3 is 1.97 bits per heavy atom. The highest BCUT2D eigenvalue weighted by atomic mass is 28.4. The molecule has 0 radical (unpaired) electrons. The highest BCUT2D eigenvalue weighted by Crippen LogP contribution is 2.45. The Hall–Kier alpha value is -2.48. The summed E-state index contributed by atoms with van der Waals surface area (Å²) in [4.78, 5) is 27.3. The minimum atomic E-state index is -2.87. The second-order valence-corrected chi connectivity index (χ2v) is 16.8. The molecule has 1 aliphatic carbocycles. The molecule has 2 fully saturated rings. The van der Waals surface area contributed by atoms with Crippen molar-refractivity contribution in [2.45, 2.75) is 95.6 Å². The number of benzene rings is 2. The molecule has 2 aromatic carbocycles. The van der Waals surface area contributed by atoms with Crippen molar-refractivity contribution >= 4 is 30.6 Å². The van der Waals surface area contributed by atoms with E-state index in [2.05, 4.69) is 69.3 Å². The number of aliphatic hydroxyl groups is 1. The van der Waals surface area contributed by atoms with Crippen molar-refractivity contribution in [3.05, 3.63) is 60.7 Å². The lowest BCUT2D eigenvalue weighted by Gasteiger charge is -2.45. The Balaban J connectivity index is 1.79. The third-order valence-electron chi connectivity index (χ3n) is 7.76. The van der Waals surface area contributed by atoms with Gasteiger partial charge >= 0.3 is 6.09 Å². The molecule has 2 aromatic rings. The van der Waals surface area contributed by atoms with E-state index in [4.69, 9.17) is 9.16 Å². The van der Waals surface area contributed by atoms with E-state index < -0.39 is 31.7 Å². The maximum absolute atomic E-state index is 13.5. The number of carbonyl (C=O) groups is 2. The van der Waals surface area contributed by atoms with Crippen molar-refractivity contribution < 1.29 is 23.9 Å². The minimum Gasteiger partial charge on any atom is -0.444 e. The van der Waals surface area contributed by atoms with Gasteiger partial charge in [-0.1, -0.05) is 81.4 Å². The van der Waals surface area contributed by atoms with Crippen molar-refractivity contribution in [3.8, 4) is 0 Å². The molecule has 1 amide bonds. The standard InChI is InChI=1S/C30H41NO5Si/c1-28(2,3)35-27(34)31-21-23(20-30(31)18-17-22(32)19-26(30)33)36-37(29(4,5)6,24-13-9-7-10-14-24)25-15-11-8-12-16-25/h7-16,23,26,33H,17-21H2,1-6H3/t23-,26?,30+/m1/s1. The van der Waals surface area contributed by atoms with E-state index in [1.54, 1.807) is 4.90 Å². The Kier molecular flexibility index (Phi) is 7.45. The van der Waals surface area contributed by atoms with E-state index in [1.807, 2.05) is 32.9 Å². The maximum Gasteiger partial charge on any atom is 0.410 e. The summed E-state index contributed by atoms with van der Waals surface area (Å²) in [5.74, 6) is 0.0265. The second-order valence-electron chi connectivity index (χ2n) is 12.6. The Morgan fingerprint density at radius 1 is 0.973 bits per heavy atom. The normalized spacial score (nSPS) is 24.9. The van der Waals surface area contributed by atoms with E-state index in [1.165, 1.54) is 0 Å². The summed E-state index contributed by atoms with van der Waals surface area (Å²) in [5.41, 5.74) is -1.56. The van der Waals surface area contributed by atoms with Gasteiger partial charge in [-0.2, -0.15) is 0 Å². The number of rotatable bonds is 4. The van der Waals surface area contributed by atoms with Crippen LogP contribution in [0.25, 0.3) is 0 Å². The van der Waals surface area contributed by atoms with E-state index in [0.717, 1.165) is 10.4 Å². The molecule has 1 aliphatic heterocycles. The first kappa shape index (κ1) is 27.5. The monoisotopic (exact) mass is 523 g/mol. The van der Waals surface area contributed by atoms with Crippen LogP contribution in [0, 0.1) is 0 Å². The summed E-state index contributed by atoms with van der Waals surface area (Å²) < 4.78 is 13.1. The predicted molar refractivity (Wildman–Crippen MR) is 148 cm³/mol. The molecule has 0 bridgehead atoms. The Bertz CT molecular complexity index is 1070. The number of ether oxygens (including phenoxy) is 1. The lowest BCUT2D eigenvalue weighted by Crippen LogP contribution is -2.67. The molecule has 200 valence electrons. The fraction of sp³-hybridized carbons (Fsp3) is 0.533. The van der Waals surface area contributed by atoms with E-state index in [9.17, 15) is 14.7 Å². The van der Waals surface area contributed by atoms with Gasteiger partial charge in [0.15, 0.2) is 0 Å². The van der Waals surface area contributed by atoms with Crippen LogP contribution in [0.2, 0.25) is 5.04 Å². The molecule has 1 N–H and O–H groups in total. The van der Waals surface area contributed by atoms with Crippen molar-refractivity contribution in [1.82, 2.24) is 4.90 Å². The summed E-state index contributed by atoms with van der Waals surface area (Å²) in [6, 6.07) is 20.8. The third-order valence-corrected chi connectivity index (χ3v) is 12.8. The first-order valence-corrected chi connectivity index (χ1v) is 15.2. The summed E-state index contributed by atoms with van der Waals surface area (Å²) in [7, 11) is -2.87. The number of likely N-dealkylation sites (tertiary alicyclic amines) is 1. The summed E-state index contributed by atoms with van der Waals surface area (Å²) in [6.45, 7) is 12.5.